The van der Waals surface area contributed by atoms with E-state index in [0.29, 0.717) is 39.5 Å². The van der Waals surface area contributed by atoms with Crippen LogP contribution < -0.4 is 18.9 Å². The highest BCUT2D eigenvalue weighted by atomic mass is 16.5. The third-order valence-corrected chi connectivity index (χ3v) is 12.8. The van der Waals surface area contributed by atoms with E-state index in [-0.39, 0.29) is 11.1 Å². The van der Waals surface area contributed by atoms with Crippen molar-refractivity contribution in [3.8, 4) is 23.0 Å². The minimum Gasteiger partial charge on any atom is -0.423 e. The number of aryl methyl sites for hydroxylation is 2. The van der Waals surface area contributed by atoms with Gasteiger partial charge in [-0.25, -0.2) is 19.2 Å². The minimum atomic E-state index is -0.584. The van der Waals surface area contributed by atoms with Crippen LogP contribution in [0.5, 0.6) is 23.0 Å². The normalized spacial score (nSPS) is 11.1. The smallest absolute Gasteiger partial charge is 0.343 e. The van der Waals surface area contributed by atoms with Gasteiger partial charge in [0.05, 0.1) is 22.3 Å². The Morgan fingerprint density at radius 3 is 0.857 bits per heavy atom. The highest BCUT2D eigenvalue weighted by molar-refractivity contribution is 5.95. The molecule has 0 unspecified atom stereocenters. The number of ether oxygens (including phenoxy) is 4. The van der Waals surface area contributed by atoms with Crippen molar-refractivity contribution >= 4 is 34.6 Å². The summed E-state index contributed by atoms with van der Waals surface area (Å²) in [6, 6.07) is 38.0. The summed E-state index contributed by atoms with van der Waals surface area (Å²) in [5, 5.41) is 1.54. The standard InChI is InChI=1S/C62H72O8/c1-3-5-7-9-11-13-15-17-19-21-23-47-25-29-50(30-26-47)59(63)67-55-39-35-52(36-40-55)61(65)69-57-43-33-49-34-44-58(46-54(49)45-57)70-62(66)53-37-41-56(42-38-53)68-60(64)51-31-27-48(28-32-51)24-22-20-18-16-14-12-10-8-6-4-2/h25-46H,3-24H2,1-2H3. The van der Waals surface area contributed by atoms with E-state index in [1.165, 1.54) is 127 Å². The summed E-state index contributed by atoms with van der Waals surface area (Å²) in [5.41, 5.74) is 3.90. The van der Waals surface area contributed by atoms with Gasteiger partial charge in [-0.05, 0) is 145 Å². The van der Waals surface area contributed by atoms with Crippen LogP contribution >= 0.6 is 0 Å². The van der Waals surface area contributed by atoms with Crippen LogP contribution in [0.25, 0.3) is 10.8 Å². The lowest BCUT2D eigenvalue weighted by Crippen LogP contribution is -2.10. The summed E-state index contributed by atoms with van der Waals surface area (Å²) in [5.74, 6) is -0.868. The zero-order valence-corrected chi connectivity index (χ0v) is 41.5. The average molecular weight is 945 g/mol. The van der Waals surface area contributed by atoms with Crippen LogP contribution in [-0.2, 0) is 12.8 Å². The van der Waals surface area contributed by atoms with Gasteiger partial charge in [0.15, 0.2) is 0 Å². The Labute approximate surface area is 416 Å². The van der Waals surface area contributed by atoms with E-state index < -0.39 is 23.9 Å². The Balaban J connectivity index is 0.902. The average Bonchev–Trinajstić information content (AvgIpc) is 3.38. The van der Waals surface area contributed by atoms with Crippen molar-refractivity contribution in [3.63, 3.8) is 0 Å². The number of unbranched alkanes of at least 4 members (excludes halogenated alkanes) is 18. The highest BCUT2D eigenvalue weighted by Crippen LogP contribution is 2.27. The van der Waals surface area contributed by atoms with Crippen molar-refractivity contribution in [2.75, 3.05) is 0 Å². The van der Waals surface area contributed by atoms with E-state index in [0.717, 1.165) is 31.1 Å². The first-order valence-electron chi connectivity index (χ1n) is 26.1. The van der Waals surface area contributed by atoms with Gasteiger partial charge in [0.1, 0.15) is 23.0 Å². The molecule has 6 rings (SSSR count). The summed E-state index contributed by atoms with van der Waals surface area (Å²) in [4.78, 5) is 52.0. The van der Waals surface area contributed by atoms with E-state index in [4.69, 9.17) is 18.9 Å². The van der Waals surface area contributed by atoms with Gasteiger partial charge in [0.2, 0.25) is 0 Å². The van der Waals surface area contributed by atoms with E-state index in [2.05, 4.69) is 13.8 Å². The van der Waals surface area contributed by atoms with Gasteiger partial charge in [-0.2, -0.15) is 0 Å². The molecule has 8 heteroatoms. The number of hydrogen-bond donors (Lipinski definition) is 0. The summed E-state index contributed by atoms with van der Waals surface area (Å²) in [6.07, 6.45) is 28.0. The van der Waals surface area contributed by atoms with Crippen molar-refractivity contribution < 1.29 is 38.1 Å². The molecule has 0 aliphatic carbocycles. The number of benzene rings is 6. The van der Waals surface area contributed by atoms with E-state index >= 15 is 0 Å². The number of fused-ring (bicyclic) bond motifs is 1. The molecule has 0 aromatic heterocycles. The summed E-state index contributed by atoms with van der Waals surface area (Å²) >= 11 is 0. The van der Waals surface area contributed by atoms with Crippen molar-refractivity contribution in [3.05, 3.63) is 167 Å². The van der Waals surface area contributed by atoms with Crippen LogP contribution in [0.4, 0.5) is 0 Å². The van der Waals surface area contributed by atoms with Gasteiger partial charge in [-0.15, -0.1) is 0 Å². The predicted octanol–water partition coefficient (Wildman–Crippen LogP) is 16.6. The Morgan fingerprint density at radius 2 is 0.543 bits per heavy atom. The molecule has 0 bridgehead atoms. The van der Waals surface area contributed by atoms with Crippen LogP contribution in [0, 0.1) is 0 Å². The van der Waals surface area contributed by atoms with E-state index in [1.54, 1.807) is 97.1 Å². The molecular weight excluding hydrogens is 873 g/mol. The molecule has 368 valence electrons. The Morgan fingerprint density at radius 1 is 0.286 bits per heavy atom. The summed E-state index contributed by atoms with van der Waals surface area (Å²) in [7, 11) is 0. The van der Waals surface area contributed by atoms with Gasteiger partial charge in [-0.3, -0.25) is 0 Å². The fourth-order valence-corrected chi connectivity index (χ4v) is 8.56. The number of carbonyl (C=O) groups excluding carboxylic acids is 4. The largest absolute Gasteiger partial charge is 0.423 e. The fourth-order valence-electron chi connectivity index (χ4n) is 8.56. The molecule has 0 heterocycles. The van der Waals surface area contributed by atoms with Crippen molar-refractivity contribution in [2.45, 2.75) is 155 Å². The first-order chi connectivity index (χ1) is 34.3. The van der Waals surface area contributed by atoms with Gasteiger partial charge in [0.25, 0.3) is 0 Å². The molecule has 0 saturated heterocycles. The van der Waals surface area contributed by atoms with Crippen molar-refractivity contribution in [1.29, 1.82) is 0 Å². The first-order valence-corrected chi connectivity index (χ1v) is 26.1. The van der Waals surface area contributed by atoms with Crippen molar-refractivity contribution in [2.24, 2.45) is 0 Å². The quantitative estimate of drug-likeness (QED) is 0.0250. The summed E-state index contributed by atoms with van der Waals surface area (Å²) in [6.45, 7) is 4.51. The molecule has 6 aromatic carbocycles. The van der Waals surface area contributed by atoms with Gasteiger partial charge < -0.3 is 18.9 Å². The lowest BCUT2D eigenvalue weighted by Gasteiger charge is -2.09. The lowest BCUT2D eigenvalue weighted by atomic mass is 10.0. The topological polar surface area (TPSA) is 105 Å². The first kappa shape index (κ1) is 52.8. The third-order valence-electron chi connectivity index (χ3n) is 12.8. The van der Waals surface area contributed by atoms with Gasteiger partial charge in [-0.1, -0.05) is 166 Å². The maximum atomic E-state index is 13.1. The number of esters is 4. The van der Waals surface area contributed by atoms with Crippen LogP contribution in [0.3, 0.4) is 0 Å². The number of carbonyl (C=O) groups is 4. The second kappa shape index (κ2) is 29.5. The Kier molecular flexibility index (Phi) is 22.2. The molecule has 0 amide bonds. The second-order valence-electron chi connectivity index (χ2n) is 18.5. The predicted molar refractivity (Wildman–Crippen MR) is 281 cm³/mol. The van der Waals surface area contributed by atoms with Crippen LogP contribution in [0.15, 0.2) is 133 Å². The third kappa shape index (κ3) is 18.1. The zero-order valence-electron chi connectivity index (χ0n) is 41.5. The van der Waals surface area contributed by atoms with E-state index in [9.17, 15) is 19.2 Å². The second-order valence-corrected chi connectivity index (χ2v) is 18.5. The molecule has 0 fully saturated rings. The number of hydrogen-bond acceptors (Lipinski definition) is 8. The SMILES string of the molecule is CCCCCCCCCCCCc1ccc(C(=O)Oc2ccc(C(=O)Oc3ccc4ccc(OC(=O)c5ccc(OC(=O)c6ccc(CCCCCCCCCCCC)cc6)cc5)cc4c3)cc2)cc1. The van der Waals surface area contributed by atoms with Crippen molar-refractivity contribution in [1.82, 2.24) is 0 Å². The Hall–Kier alpha value is -6.54. The molecule has 70 heavy (non-hydrogen) atoms. The molecule has 0 aliphatic heterocycles. The molecule has 0 aliphatic rings. The van der Waals surface area contributed by atoms with Crippen LogP contribution in [0.2, 0.25) is 0 Å². The fraction of sp³-hybridized carbons (Fsp3) is 0.387. The van der Waals surface area contributed by atoms with E-state index in [1.807, 2.05) is 36.4 Å². The lowest BCUT2D eigenvalue weighted by molar-refractivity contribution is 0.0720. The van der Waals surface area contributed by atoms with Gasteiger partial charge >= 0.3 is 23.9 Å². The zero-order chi connectivity index (χ0) is 49.2. The maximum absolute atomic E-state index is 13.1. The molecule has 0 radical (unpaired) electrons. The summed E-state index contributed by atoms with van der Waals surface area (Å²) < 4.78 is 22.6. The van der Waals surface area contributed by atoms with Gasteiger partial charge in [0, 0.05) is 0 Å². The maximum Gasteiger partial charge on any atom is 0.343 e. The highest BCUT2D eigenvalue weighted by Gasteiger charge is 2.15. The van der Waals surface area contributed by atoms with Crippen LogP contribution in [-0.4, -0.2) is 23.9 Å². The molecule has 0 spiro atoms. The molecule has 8 nitrogen and oxygen atoms in total. The molecule has 0 N–H and O–H groups in total. The number of rotatable bonds is 30. The molecule has 6 aromatic rings. The minimum absolute atomic E-state index is 0.281. The van der Waals surface area contributed by atoms with Crippen LogP contribution in [0.1, 0.15) is 195 Å². The molecule has 0 atom stereocenters. The molecule has 0 saturated carbocycles. The Bertz CT molecular complexity index is 2350. The molecular formula is C62H72O8. The monoisotopic (exact) mass is 945 g/mol.